The molecule has 1 aromatic rings. The lowest BCUT2D eigenvalue weighted by Gasteiger charge is -2.22. The first-order chi connectivity index (χ1) is 9.47. The number of nitro groups is 1. The maximum absolute atomic E-state index is 12.3. The molecule has 1 amide bonds. The minimum atomic E-state index is -0.825. The van der Waals surface area contributed by atoms with Crippen molar-refractivity contribution in [3.8, 4) is 6.07 Å². The zero-order valence-electron chi connectivity index (χ0n) is 11.2. The van der Waals surface area contributed by atoms with Crippen LogP contribution in [0.1, 0.15) is 41.6 Å². The highest BCUT2D eigenvalue weighted by molar-refractivity contribution is 5.97. The first-order valence-corrected chi connectivity index (χ1v) is 6.46. The summed E-state index contributed by atoms with van der Waals surface area (Å²) in [5.41, 5.74) is -0.0492. The van der Waals surface area contributed by atoms with Gasteiger partial charge in [-0.1, -0.05) is 6.07 Å². The second-order valence-electron chi connectivity index (χ2n) is 5.11. The Labute approximate surface area is 116 Å². The van der Waals surface area contributed by atoms with Gasteiger partial charge in [-0.15, -0.1) is 0 Å². The lowest BCUT2D eigenvalue weighted by molar-refractivity contribution is -0.384. The second kappa shape index (κ2) is 5.29. The van der Waals surface area contributed by atoms with Crippen molar-refractivity contribution in [2.45, 2.75) is 38.1 Å². The van der Waals surface area contributed by atoms with E-state index < -0.39 is 16.4 Å². The van der Waals surface area contributed by atoms with Crippen molar-refractivity contribution in [2.24, 2.45) is 0 Å². The molecule has 1 saturated carbocycles. The quantitative estimate of drug-likeness (QED) is 0.675. The van der Waals surface area contributed by atoms with E-state index in [0.717, 1.165) is 12.8 Å². The number of aryl methyl sites for hydroxylation is 1. The van der Waals surface area contributed by atoms with Crippen LogP contribution in [0.5, 0.6) is 0 Å². The highest BCUT2D eigenvalue weighted by Gasteiger charge is 2.36. The molecule has 0 aliphatic heterocycles. The average molecular weight is 273 g/mol. The maximum Gasteiger partial charge on any atom is 0.270 e. The number of rotatable bonds is 3. The monoisotopic (exact) mass is 273 g/mol. The Morgan fingerprint density at radius 2 is 2.10 bits per heavy atom. The van der Waals surface area contributed by atoms with Crippen molar-refractivity contribution >= 4 is 11.6 Å². The lowest BCUT2D eigenvalue weighted by atomic mass is 9.98. The number of non-ortho nitro benzene ring substituents is 1. The van der Waals surface area contributed by atoms with Crippen molar-refractivity contribution in [1.82, 2.24) is 5.32 Å². The van der Waals surface area contributed by atoms with E-state index in [4.69, 9.17) is 0 Å². The standard InChI is InChI=1S/C14H15N3O3/c1-10-4-5-11(17(19)20)8-12(10)13(18)16-14(9-15)6-2-3-7-14/h4-5,8H,2-3,6-7H2,1H3,(H,16,18). The van der Waals surface area contributed by atoms with Gasteiger partial charge in [0.05, 0.1) is 11.0 Å². The molecule has 0 unspecified atom stereocenters. The fourth-order valence-corrected chi connectivity index (χ4v) is 2.50. The van der Waals surface area contributed by atoms with Crippen LogP contribution in [0.15, 0.2) is 18.2 Å². The average Bonchev–Trinajstić information content (AvgIpc) is 2.88. The van der Waals surface area contributed by atoms with Crippen molar-refractivity contribution < 1.29 is 9.72 Å². The minimum absolute atomic E-state index is 0.127. The molecule has 0 atom stereocenters. The summed E-state index contributed by atoms with van der Waals surface area (Å²) >= 11 is 0. The number of carbonyl (C=O) groups is 1. The van der Waals surface area contributed by atoms with E-state index in [-0.39, 0.29) is 11.3 Å². The van der Waals surface area contributed by atoms with Crippen LogP contribution < -0.4 is 5.32 Å². The van der Waals surface area contributed by atoms with Crippen LogP contribution in [0.4, 0.5) is 5.69 Å². The smallest absolute Gasteiger partial charge is 0.270 e. The van der Waals surface area contributed by atoms with E-state index >= 15 is 0 Å². The van der Waals surface area contributed by atoms with Gasteiger partial charge in [0.15, 0.2) is 0 Å². The van der Waals surface area contributed by atoms with E-state index in [1.807, 2.05) is 0 Å². The van der Waals surface area contributed by atoms with Crippen molar-refractivity contribution in [2.75, 3.05) is 0 Å². The van der Waals surface area contributed by atoms with Crippen LogP contribution in [0.3, 0.4) is 0 Å². The number of nitrogens with one attached hydrogen (secondary N) is 1. The molecule has 0 bridgehead atoms. The molecular formula is C14H15N3O3. The summed E-state index contributed by atoms with van der Waals surface area (Å²) in [6.45, 7) is 1.71. The molecule has 1 N–H and O–H groups in total. The topological polar surface area (TPSA) is 96.0 Å². The molecule has 1 aliphatic rings. The van der Waals surface area contributed by atoms with Gasteiger partial charge < -0.3 is 5.32 Å². The normalized spacial score (nSPS) is 16.4. The highest BCUT2D eigenvalue weighted by atomic mass is 16.6. The molecule has 6 heteroatoms. The maximum atomic E-state index is 12.3. The van der Waals surface area contributed by atoms with Gasteiger partial charge in [-0.3, -0.25) is 14.9 Å². The fraction of sp³-hybridized carbons (Fsp3) is 0.429. The third-order valence-electron chi connectivity index (χ3n) is 3.70. The number of nitrogens with zero attached hydrogens (tertiary/aromatic N) is 2. The number of benzene rings is 1. The van der Waals surface area contributed by atoms with Crippen molar-refractivity contribution in [1.29, 1.82) is 5.26 Å². The Balaban J connectivity index is 2.27. The van der Waals surface area contributed by atoms with Gasteiger partial charge >= 0.3 is 0 Å². The number of carbonyl (C=O) groups excluding carboxylic acids is 1. The Morgan fingerprint density at radius 3 is 2.65 bits per heavy atom. The van der Waals surface area contributed by atoms with E-state index in [2.05, 4.69) is 11.4 Å². The Hall–Kier alpha value is -2.42. The van der Waals surface area contributed by atoms with Gasteiger partial charge in [0.25, 0.3) is 11.6 Å². The highest BCUT2D eigenvalue weighted by Crippen LogP contribution is 2.29. The van der Waals surface area contributed by atoms with E-state index in [0.29, 0.717) is 18.4 Å². The number of amides is 1. The Morgan fingerprint density at radius 1 is 1.45 bits per heavy atom. The molecule has 6 nitrogen and oxygen atoms in total. The number of nitro benzene ring substituents is 1. The molecule has 20 heavy (non-hydrogen) atoms. The van der Waals surface area contributed by atoms with Gasteiger partial charge in [0.2, 0.25) is 0 Å². The van der Waals surface area contributed by atoms with Crippen molar-refractivity contribution in [3.05, 3.63) is 39.4 Å². The first kappa shape index (κ1) is 14.0. The minimum Gasteiger partial charge on any atom is -0.334 e. The molecule has 104 valence electrons. The van der Waals surface area contributed by atoms with E-state index in [9.17, 15) is 20.2 Å². The SMILES string of the molecule is Cc1ccc([N+](=O)[O-])cc1C(=O)NC1(C#N)CCCC1. The predicted molar refractivity (Wildman–Crippen MR) is 72.1 cm³/mol. The molecule has 1 aromatic carbocycles. The summed E-state index contributed by atoms with van der Waals surface area (Å²) in [4.78, 5) is 22.5. The van der Waals surface area contributed by atoms with Crippen LogP contribution >= 0.6 is 0 Å². The molecule has 1 aliphatic carbocycles. The zero-order chi connectivity index (χ0) is 14.8. The summed E-state index contributed by atoms with van der Waals surface area (Å²) in [6.07, 6.45) is 3.07. The summed E-state index contributed by atoms with van der Waals surface area (Å²) < 4.78 is 0. The molecule has 2 rings (SSSR count). The molecule has 0 radical (unpaired) electrons. The van der Waals surface area contributed by atoms with Crippen LogP contribution in [-0.4, -0.2) is 16.4 Å². The van der Waals surface area contributed by atoms with Crippen LogP contribution in [0.2, 0.25) is 0 Å². The van der Waals surface area contributed by atoms with Gasteiger partial charge in [-0.05, 0) is 38.2 Å². The predicted octanol–water partition coefficient (Wildman–Crippen LogP) is 2.47. The van der Waals surface area contributed by atoms with E-state index in [1.54, 1.807) is 13.0 Å². The largest absolute Gasteiger partial charge is 0.334 e. The Bertz CT molecular complexity index is 598. The molecule has 0 saturated heterocycles. The molecule has 0 aromatic heterocycles. The van der Waals surface area contributed by atoms with Crippen LogP contribution in [0.25, 0.3) is 0 Å². The van der Waals surface area contributed by atoms with Crippen LogP contribution in [0, 0.1) is 28.4 Å². The molecule has 0 heterocycles. The van der Waals surface area contributed by atoms with Gasteiger partial charge in [-0.25, -0.2) is 0 Å². The second-order valence-corrected chi connectivity index (χ2v) is 5.11. The van der Waals surface area contributed by atoms with Gasteiger partial charge in [0, 0.05) is 17.7 Å². The summed E-state index contributed by atoms with van der Waals surface area (Å²) in [7, 11) is 0. The lowest BCUT2D eigenvalue weighted by Crippen LogP contribution is -2.45. The number of nitriles is 1. The molecule has 1 fully saturated rings. The Kier molecular flexibility index (Phi) is 3.70. The van der Waals surface area contributed by atoms with Crippen LogP contribution in [-0.2, 0) is 0 Å². The summed E-state index contributed by atoms with van der Waals surface area (Å²) in [5, 5.41) is 22.8. The number of hydrogen-bond donors (Lipinski definition) is 1. The fourth-order valence-electron chi connectivity index (χ4n) is 2.50. The van der Waals surface area contributed by atoms with Crippen molar-refractivity contribution in [3.63, 3.8) is 0 Å². The summed E-state index contributed by atoms with van der Waals surface area (Å²) in [5.74, 6) is -0.422. The molecular weight excluding hydrogens is 258 g/mol. The third kappa shape index (κ3) is 2.62. The number of hydrogen-bond acceptors (Lipinski definition) is 4. The third-order valence-corrected chi connectivity index (χ3v) is 3.70. The van der Waals surface area contributed by atoms with Gasteiger partial charge in [-0.2, -0.15) is 5.26 Å². The molecule has 0 spiro atoms. The zero-order valence-corrected chi connectivity index (χ0v) is 11.2. The summed E-state index contributed by atoms with van der Waals surface area (Å²) in [6, 6.07) is 6.33. The van der Waals surface area contributed by atoms with Gasteiger partial charge in [0.1, 0.15) is 5.54 Å². The van der Waals surface area contributed by atoms with E-state index in [1.165, 1.54) is 12.1 Å². The first-order valence-electron chi connectivity index (χ1n) is 6.46.